The van der Waals surface area contributed by atoms with Gasteiger partial charge in [0.25, 0.3) is 5.91 Å². The summed E-state index contributed by atoms with van der Waals surface area (Å²) in [5, 5.41) is 0.791. The number of benzene rings is 2. The number of carbonyl (C=O) groups is 2. The number of thiazole rings is 1. The first-order chi connectivity index (χ1) is 15.4. The third-order valence-electron chi connectivity index (χ3n) is 5.59. The molecule has 1 fully saturated rings. The quantitative estimate of drug-likeness (QED) is 0.535. The van der Waals surface area contributed by atoms with Crippen molar-refractivity contribution in [1.82, 2.24) is 9.88 Å². The smallest absolute Gasteiger partial charge is 0.265 e. The topological polar surface area (TPSA) is 62.7 Å². The number of halogens is 1. The molecule has 1 aliphatic rings. The van der Waals surface area contributed by atoms with Gasteiger partial charge in [-0.15, -0.1) is 11.3 Å². The number of amides is 1. The van der Waals surface area contributed by atoms with E-state index >= 15 is 0 Å². The van der Waals surface area contributed by atoms with E-state index in [9.17, 15) is 14.0 Å². The maximum Gasteiger partial charge on any atom is 0.265 e. The van der Waals surface area contributed by atoms with Crippen molar-refractivity contribution in [2.75, 3.05) is 38.2 Å². The number of ketones is 1. The van der Waals surface area contributed by atoms with Crippen LogP contribution in [0.5, 0.6) is 5.75 Å². The summed E-state index contributed by atoms with van der Waals surface area (Å²) in [6.07, 6.45) is 0. The van der Waals surface area contributed by atoms with Crippen molar-refractivity contribution >= 4 is 28.7 Å². The number of ether oxygens (including phenoxy) is 1. The minimum Gasteiger partial charge on any atom is -0.497 e. The minimum absolute atomic E-state index is 0.0492. The second kappa shape index (κ2) is 9.08. The maximum atomic E-state index is 14.5. The summed E-state index contributed by atoms with van der Waals surface area (Å²) in [6.45, 7) is 5.28. The van der Waals surface area contributed by atoms with Crippen molar-refractivity contribution in [2.24, 2.45) is 0 Å². The van der Waals surface area contributed by atoms with E-state index in [1.807, 2.05) is 36.1 Å². The summed E-state index contributed by atoms with van der Waals surface area (Å²) in [5.74, 6) is 0.134. The Labute approximate surface area is 190 Å². The molecule has 1 aliphatic heterocycles. The molecule has 0 N–H and O–H groups in total. The van der Waals surface area contributed by atoms with Gasteiger partial charge in [-0.3, -0.25) is 9.59 Å². The van der Waals surface area contributed by atoms with Crippen molar-refractivity contribution in [1.29, 1.82) is 0 Å². The number of methoxy groups -OCH3 is 1. The molecule has 32 heavy (non-hydrogen) atoms. The van der Waals surface area contributed by atoms with Gasteiger partial charge >= 0.3 is 0 Å². The van der Waals surface area contributed by atoms with E-state index in [0.717, 1.165) is 16.3 Å². The van der Waals surface area contributed by atoms with Crippen LogP contribution in [0.4, 0.5) is 10.1 Å². The summed E-state index contributed by atoms with van der Waals surface area (Å²) in [5.41, 5.74) is 2.46. The molecule has 1 saturated heterocycles. The van der Waals surface area contributed by atoms with Gasteiger partial charge in [-0.2, -0.15) is 0 Å². The molecule has 1 aromatic heterocycles. The number of aromatic nitrogens is 1. The SMILES string of the molecule is COc1ccc(-c2nc(C)c(C(=O)N3CCN(c4ccc(C(C)=O)cc4F)CC3)s2)cc1. The highest BCUT2D eigenvalue weighted by Crippen LogP contribution is 2.30. The maximum absolute atomic E-state index is 14.5. The Morgan fingerprint density at radius 2 is 1.75 bits per heavy atom. The van der Waals surface area contributed by atoms with E-state index in [4.69, 9.17) is 4.74 Å². The Bertz CT molecular complexity index is 1150. The van der Waals surface area contributed by atoms with Crippen LogP contribution in [-0.2, 0) is 0 Å². The number of hydrogen-bond donors (Lipinski definition) is 0. The molecular weight excluding hydrogens is 429 g/mol. The average Bonchev–Trinajstić information content (AvgIpc) is 3.20. The van der Waals surface area contributed by atoms with Gasteiger partial charge in [0.1, 0.15) is 21.5 Å². The Hall–Kier alpha value is -3.26. The molecule has 0 bridgehead atoms. The third kappa shape index (κ3) is 4.36. The fraction of sp³-hybridized carbons (Fsp3) is 0.292. The highest BCUT2D eigenvalue weighted by atomic mass is 32.1. The van der Waals surface area contributed by atoms with Crippen LogP contribution in [0, 0.1) is 12.7 Å². The molecule has 6 nitrogen and oxygen atoms in total. The molecule has 0 aliphatic carbocycles. The van der Waals surface area contributed by atoms with Gasteiger partial charge in [-0.05, 0) is 56.3 Å². The van der Waals surface area contributed by atoms with Gasteiger partial charge < -0.3 is 14.5 Å². The minimum atomic E-state index is -0.417. The first-order valence-corrected chi connectivity index (χ1v) is 11.2. The highest BCUT2D eigenvalue weighted by molar-refractivity contribution is 7.17. The zero-order valence-electron chi connectivity index (χ0n) is 18.2. The van der Waals surface area contributed by atoms with E-state index in [1.54, 1.807) is 24.1 Å². The van der Waals surface area contributed by atoms with Crippen LogP contribution in [-0.4, -0.2) is 54.9 Å². The molecular formula is C24H24FN3O3S. The molecule has 0 radical (unpaired) electrons. The molecule has 0 spiro atoms. The predicted molar refractivity (Wildman–Crippen MR) is 123 cm³/mol. The number of carbonyl (C=O) groups excluding carboxylic acids is 2. The van der Waals surface area contributed by atoms with E-state index < -0.39 is 5.82 Å². The molecule has 0 atom stereocenters. The predicted octanol–water partition coefficient (Wildman–Crippen LogP) is 4.43. The lowest BCUT2D eigenvalue weighted by molar-refractivity contribution is 0.0750. The lowest BCUT2D eigenvalue weighted by atomic mass is 10.1. The van der Waals surface area contributed by atoms with Crippen LogP contribution in [0.1, 0.15) is 32.6 Å². The summed E-state index contributed by atoms with van der Waals surface area (Å²) < 4.78 is 19.7. The first-order valence-electron chi connectivity index (χ1n) is 10.3. The number of piperazine rings is 1. The molecule has 0 saturated carbocycles. The van der Waals surface area contributed by atoms with Gasteiger partial charge in [0, 0.05) is 37.3 Å². The van der Waals surface area contributed by atoms with E-state index in [-0.39, 0.29) is 11.7 Å². The standard InChI is InChI=1S/C24H24FN3O3S/c1-15-22(32-23(26-15)17-4-7-19(31-3)8-5-17)24(30)28-12-10-27(11-13-28)21-9-6-18(16(2)29)14-20(21)25/h4-9,14H,10-13H2,1-3H3. The molecule has 166 valence electrons. The van der Waals surface area contributed by atoms with Crippen LogP contribution in [0.25, 0.3) is 10.6 Å². The summed E-state index contributed by atoms with van der Waals surface area (Å²) in [6, 6.07) is 12.1. The zero-order valence-corrected chi connectivity index (χ0v) is 19.0. The Morgan fingerprint density at radius 1 is 1.06 bits per heavy atom. The van der Waals surface area contributed by atoms with Crippen molar-refractivity contribution < 1.29 is 18.7 Å². The number of hydrogen-bond acceptors (Lipinski definition) is 6. The van der Waals surface area contributed by atoms with Crippen LogP contribution >= 0.6 is 11.3 Å². The van der Waals surface area contributed by atoms with Crippen LogP contribution in [0.15, 0.2) is 42.5 Å². The Balaban J connectivity index is 1.44. The van der Waals surface area contributed by atoms with Gasteiger partial charge in [0.15, 0.2) is 5.78 Å². The lowest BCUT2D eigenvalue weighted by Crippen LogP contribution is -2.49. The van der Waals surface area contributed by atoms with E-state index in [0.29, 0.717) is 48.0 Å². The van der Waals surface area contributed by atoms with E-state index in [1.165, 1.54) is 24.3 Å². The molecule has 3 aromatic rings. The van der Waals surface area contributed by atoms with Gasteiger partial charge in [0.2, 0.25) is 0 Å². The number of Topliss-reactive ketones (excluding diaryl/α,β-unsaturated/α-hetero) is 1. The molecule has 8 heteroatoms. The zero-order chi connectivity index (χ0) is 22.8. The third-order valence-corrected chi connectivity index (χ3v) is 6.78. The summed E-state index contributed by atoms with van der Waals surface area (Å²) in [7, 11) is 1.62. The van der Waals surface area contributed by atoms with Crippen molar-refractivity contribution in [3.05, 3.63) is 64.4 Å². The van der Waals surface area contributed by atoms with Crippen molar-refractivity contribution in [3.63, 3.8) is 0 Å². The fourth-order valence-electron chi connectivity index (χ4n) is 3.73. The normalized spacial score (nSPS) is 13.9. The molecule has 1 amide bonds. The Kier molecular flexibility index (Phi) is 6.23. The Morgan fingerprint density at radius 3 is 2.34 bits per heavy atom. The van der Waals surface area contributed by atoms with Gasteiger partial charge in [-0.1, -0.05) is 0 Å². The summed E-state index contributed by atoms with van der Waals surface area (Å²) in [4.78, 5) is 33.5. The molecule has 0 unspecified atom stereocenters. The fourth-order valence-corrected chi connectivity index (χ4v) is 4.77. The van der Waals surface area contributed by atoms with Crippen molar-refractivity contribution in [3.8, 4) is 16.3 Å². The van der Waals surface area contributed by atoms with Gasteiger partial charge in [0.05, 0.1) is 18.5 Å². The molecule has 2 heterocycles. The number of nitrogens with zero attached hydrogens (tertiary/aromatic N) is 3. The summed E-state index contributed by atoms with van der Waals surface area (Å²) >= 11 is 1.38. The lowest BCUT2D eigenvalue weighted by Gasteiger charge is -2.36. The molecule has 2 aromatic carbocycles. The van der Waals surface area contributed by atoms with Crippen LogP contribution in [0.3, 0.4) is 0 Å². The largest absolute Gasteiger partial charge is 0.497 e. The van der Waals surface area contributed by atoms with Crippen molar-refractivity contribution in [2.45, 2.75) is 13.8 Å². The van der Waals surface area contributed by atoms with E-state index in [2.05, 4.69) is 4.98 Å². The number of rotatable bonds is 5. The molecule has 4 rings (SSSR count). The second-order valence-corrected chi connectivity index (χ2v) is 8.66. The van der Waals surface area contributed by atoms with Crippen LogP contribution < -0.4 is 9.64 Å². The van der Waals surface area contributed by atoms with Crippen LogP contribution in [0.2, 0.25) is 0 Å². The number of anilines is 1. The van der Waals surface area contributed by atoms with Gasteiger partial charge in [-0.25, -0.2) is 9.37 Å². The monoisotopic (exact) mass is 453 g/mol. The first kappa shape index (κ1) is 22.0. The number of aryl methyl sites for hydroxylation is 1. The average molecular weight is 454 g/mol. The highest BCUT2D eigenvalue weighted by Gasteiger charge is 2.27. The second-order valence-electron chi connectivity index (χ2n) is 7.66.